The second-order valence-corrected chi connectivity index (χ2v) is 16.9. The summed E-state index contributed by atoms with van der Waals surface area (Å²) in [7, 11) is 3.77. The van der Waals surface area contributed by atoms with Crippen LogP contribution in [0.2, 0.25) is 5.02 Å². The fourth-order valence-electron chi connectivity index (χ4n) is 10.0. The lowest BCUT2D eigenvalue weighted by Crippen LogP contribution is -2.64. The number of nitrogen functional groups attached to an aromatic ring is 2. The lowest BCUT2D eigenvalue weighted by atomic mass is 9.38. The van der Waals surface area contributed by atoms with Gasteiger partial charge in [0.1, 0.15) is 28.3 Å². The Balaban J connectivity index is 1.12. The molecule has 4 unspecified atom stereocenters. The van der Waals surface area contributed by atoms with Gasteiger partial charge in [0.15, 0.2) is 5.82 Å². The summed E-state index contributed by atoms with van der Waals surface area (Å²) in [6.07, 6.45) is 4.57. The number of likely N-dealkylation sites (tertiary alicyclic amines) is 2. The molecule has 6 heterocycles. The van der Waals surface area contributed by atoms with Gasteiger partial charge in [0.05, 0.1) is 21.5 Å². The van der Waals surface area contributed by atoms with Crippen LogP contribution >= 0.6 is 22.9 Å². The highest BCUT2D eigenvalue weighted by Gasteiger charge is 2.68. The van der Waals surface area contributed by atoms with Crippen molar-refractivity contribution in [2.75, 3.05) is 63.2 Å². The van der Waals surface area contributed by atoms with Crippen LogP contribution in [0.4, 0.5) is 25.3 Å². The first-order valence-corrected chi connectivity index (χ1v) is 19.0. The van der Waals surface area contributed by atoms with Crippen molar-refractivity contribution in [1.29, 1.82) is 0 Å². The number of halogens is 3. The van der Waals surface area contributed by atoms with Gasteiger partial charge in [0, 0.05) is 62.1 Å². The number of ether oxygens (including phenoxy) is 2. The number of aromatic nitrogens is 2. The number of benzene rings is 2. The molecule has 2 aromatic heterocycles. The molecule has 0 spiro atoms. The van der Waals surface area contributed by atoms with Crippen molar-refractivity contribution in [3.8, 4) is 17.1 Å². The summed E-state index contributed by atoms with van der Waals surface area (Å²) in [4.78, 5) is 29.5. The van der Waals surface area contributed by atoms with Gasteiger partial charge in [-0.2, -0.15) is 9.97 Å². The second-order valence-electron chi connectivity index (χ2n) is 15.4. The quantitative estimate of drug-likeness (QED) is 0.218. The average Bonchev–Trinajstić information content (AvgIpc) is 3.48. The first-order chi connectivity index (χ1) is 24.5. The predicted octanol–water partition coefficient (Wildman–Crippen LogP) is 6.18. The maximum atomic E-state index is 17.2. The van der Waals surface area contributed by atoms with Crippen molar-refractivity contribution in [3.63, 3.8) is 0 Å². The van der Waals surface area contributed by atoms with Gasteiger partial charge >= 0.3 is 6.01 Å². The minimum atomic E-state index is -0.664. The molecule has 4 aliphatic heterocycles. The number of carbonyl (C=O) groups excluding carboxylic acids is 1. The molecule has 1 amide bonds. The first-order valence-electron chi connectivity index (χ1n) is 17.9. The molecule has 4 bridgehead atoms. The molecule has 14 heteroatoms. The first kappa shape index (κ1) is 33.3. The Kier molecular flexibility index (Phi) is 7.85. The van der Waals surface area contributed by atoms with E-state index in [0.717, 1.165) is 50.1 Å². The SMILES string of the molecule is COC1CN(C(=O)CC23CC4CN(c5nc(O[C@@H](C)[C@@H]6CCCN6C)nc6c(F)c(-c7ccc(F)c8sc(N)c(N)c78)c(Cl)cc56)CC2CC43)C1. The van der Waals surface area contributed by atoms with Crippen LogP contribution in [-0.2, 0) is 9.53 Å². The zero-order valence-corrected chi connectivity index (χ0v) is 30.5. The molecule has 10 nitrogen and oxygen atoms in total. The number of fused-ring (bicyclic) bond motifs is 4. The Morgan fingerprint density at radius 1 is 1.20 bits per heavy atom. The van der Waals surface area contributed by atoms with Crippen LogP contribution < -0.4 is 21.1 Å². The molecule has 270 valence electrons. The van der Waals surface area contributed by atoms with E-state index in [9.17, 15) is 9.18 Å². The molecular formula is C37H42ClF2N7O3S. The highest BCUT2D eigenvalue weighted by atomic mass is 35.5. The zero-order valence-electron chi connectivity index (χ0n) is 28.9. The Morgan fingerprint density at radius 3 is 2.73 bits per heavy atom. The maximum Gasteiger partial charge on any atom is 0.319 e. The number of hydrogen-bond acceptors (Lipinski definition) is 10. The van der Waals surface area contributed by atoms with Gasteiger partial charge in [0.25, 0.3) is 0 Å². The van der Waals surface area contributed by atoms with Crippen LogP contribution in [0, 0.1) is 34.8 Å². The van der Waals surface area contributed by atoms with Gasteiger partial charge in [0.2, 0.25) is 5.91 Å². The normalized spacial score (nSPS) is 28.0. The van der Waals surface area contributed by atoms with Gasteiger partial charge < -0.3 is 30.7 Å². The van der Waals surface area contributed by atoms with E-state index in [1.54, 1.807) is 13.2 Å². The molecule has 2 aliphatic carbocycles. The monoisotopic (exact) mass is 737 g/mol. The van der Waals surface area contributed by atoms with Gasteiger partial charge in [-0.1, -0.05) is 17.7 Å². The smallest absolute Gasteiger partial charge is 0.319 e. The van der Waals surface area contributed by atoms with E-state index in [-0.39, 0.29) is 67.1 Å². The molecular weight excluding hydrogens is 696 g/mol. The number of nitrogens with two attached hydrogens (primary N) is 2. The predicted molar refractivity (Wildman–Crippen MR) is 196 cm³/mol. The second kappa shape index (κ2) is 12.0. The molecule has 10 rings (SSSR count). The maximum absolute atomic E-state index is 17.2. The summed E-state index contributed by atoms with van der Waals surface area (Å²) >= 11 is 7.99. The molecule has 51 heavy (non-hydrogen) atoms. The van der Waals surface area contributed by atoms with Crippen LogP contribution in [0.5, 0.6) is 6.01 Å². The lowest BCUT2D eigenvalue weighted by molar-refractivity contribution is -0.188. The van der Waals surface area contributed by atoms with E-state index in [1.807, 2.05) is 11.8 Å². The fourth-order valence-corrected chi connectivity index (χ4v) is 11.3. The van der Waals surface area contributed by atoms with Crippen molar-refractivity contribution >= 4 is 66.3 Å². The van der Waals surface area contributed by atoms with Gasteiger partial charge in [-0.3, -0.25) is 9.69 Å². The van der Waals surface area contributed by atoms with Gasteiger partial charge in [-0.05, 0) is 87.1 Å². The highest BCUT2D eigenvalue weighted by molar-refractivity contribution is 7.23. The van der Waals surface area contributed by atoms with Gasteiger partial charge in [-0.25, -0.2) is 8.78 Å². The number of hydrogen-bond donors (Lipinski definition) is 2. The molecule has 4 N–H and O–H groups in total. The number of likely N-dealkylation sites (N-methyl/N-ethyl adjacent to an activating group) is 1. The van der Waals surface area contributed by atoms with Crippen molar-refractivity contribution in [2.24, 2.45) is 23.2 Å². The number of thiophene rings is 1. The molecule has 4 aromatic rings. The molecule has 0 radical (unpaired) electrons. The molecule has 6 atom stereocenters. The largest absolute Gasteiger partial charge is 0.459 e. The van der Waals surface area contributed by atoms with Crippen molar-refractivity contribution in [2.45, 2.75) is 57.3 Å². The summed E-state index contributed by atoms with van der Waals surface area (Å²) < 4.78 is 44.2. The Labute approximate surface area is 304 Å². The van der Waals surface area contributed by atoms with E-state index >= 15 is 4.39 Å². The minimum absolute atomic E-state index is 0.00920. The third-order valence-corrected chi connectivity index (χ3v) is 14.2. The summed E-state index contributed by atoms with van der Waals surface area (Å²) in [5, 5.41) is 1.18. The molecule has 2 aromatic carbocycles. The Hall–Kier alpha value is -3.52. The summed E-state index contributed by atoms with van der Waals surface area (Å²) in [5.41, 5.74) is 13.1. The number of carbonyl (C=O) groups is 1. The third-order valence-electron chi connectivity index (χ3n) is 12.9. The fraction of sp³-hybridized carbons (Fsp3) is 0.541. The zero-order chi connectivity index (χ0) is 35.5. The number of amides is 1. The van der Waals surface area contributed by atoms with Crippen LogP contribution in [0.15, 0.2) is 18.2 Å². The molecule has 4 saturated heterocycles. The van der Waals surface area contributed by atoms with Crippen molar-refractivity contribution < 1.29 is 23.0 Å². The lowest BCUT2D eigenvalue weighted by Gasteiger charge is -2.66. The highest BCUT2D eigenvalue weighted by Crippen LogP contribution is 2.71. The number of anilines is 3. The van der Waals surface area contributed by atoms with E-state index in [2.05, 4.69) is 16.8 Å². The van der Waals surface area contributed by atoms with Crippen LogP contribution in [0.1, 0.15) is 39.0 Å². The number of rotatable bonds is 8. The van der Waals surface area contributed by atoms with E-state index in [4.69, 9.17) is 42.5 Å². The third kappa shape index (κ3) is 5.01. The van der Waals surface area contributed by atoms with E-state index < -0.39 is 11.6 Å². The molecule has 6 aliphatic rings. The number of nitrogens with zero attached hydrogens (tertiary/aromatic N) is 5. The minimum Gasteiger partial charge on any atom is -0.459 e. The van der Waals surface area contributed by atoms with Crippen LogP contribution in [0.25, 0.3) is 32.1 Å². The Bertz CT molecular complexity index is 2090. The van der Waals surface area contributed by atoms with Crippen molar-refractivity contribution in [1.82, 2.24) is 19.8 Å². The standard InChI is InChI=1S/C37H42ClF2N7O3S/c1-17(26-5-4-8-45(26)2)50-36-43-32-22(10-24(38)28(30(32)40)21-6-7-25(39)33-29(21)31(41)34(42)51-33)35(44-36)47-13-18-11-37(19(14-47)9-23(18)37)12-27(48)46-15-20(16-46)49-3/h6-7,10,17-20,23,26H,4-5,8-9,11-16,41-42H2,1-3H3/t17-,18?,19?,23?,26-,37?/m0/s1. The van der Waals surface area contributed by atoms with E-state index in [0.29, 0.717) is 66.0 Å². The molecule has 6 fully saturated rings. The summed E-state index contributed by atoms with van der Waals surface area (Å²) in [6.45, 7) is 5.73. The van der Waals surface area contributed by atoms with Crippen LogP contribution in [-0.4, -0.2) is 90.8 Å². The van der Waals surface area contributed by atoms with E-state index in [1.165, 1.54) is 12.1 Å². The van der Waals surface area contributed by atoms with Gasteiger partial charge in [-0.15, -0.1) is 11.3 Å². The number of methoxy groups -OCH3 is 1. The van der Waals surface area contributed by atoms with Crippen molar-refractivity contribution in [3.05, 3.63) is 34.9 Å². The summed E-state index contributed by atoms with van der Waals surface area (Å²) in [6, 6.07) is 4.75. The topological polar surface area (TPSA) is 123 Å². The Morgan fingerprint density at radius 2 is 2.00 bits per heavy atom. The summed E-state index contributed by atoms with van der Waals surface area (Å²) in [5.74, 6) is 0.819. The van der Waals surface area contributed by atoms with Crippen LogP contribution in [0.3, 0.4) is 0 Å². The molecule has 2 saturated carbocycles. The average molecular weight is 738 g/mol.